The molecule has 3 nitrogen and oxygen atoms in total. The summed E-state index contributed by atoms with van der Waals surface area (Å²) in [6.07, 6.45) is 1.59. The van der Waals surface area contributed by atoms with E-state index in [1.807, 2.05) is 7.05 Å². The quantitative estimate of drug-likeness (QED) is 0.500. The highest BCUT2D eigenvalue weighted by Gasteiger charge is 2.12. The summed E-state index contributed by atoms with van der Waals surface area (Å²) in [4.78, 5) is 10.8. The summed E-state index contributed by atoms with van der Waals surface area (Å²) in [6.45, 7) is 0.835. The number of primary amides is 1. The van der Waals surface area contributed by atoms with E-state index in [4.69, 9.17) is 5.73 Å². The van der Waals surface area contributed by atoms with E-state index in [0.717, 1.165) is 25.1 Å². The maximum atomic E-state index is 10.8. The van der Waals surface area contributed by atoms with Crippen LogP contribution in [0.15, 0.2) is 0 Å². The number of nitrogens with two attached hydrogens (primary N) is 1. The van der Waals surface area contributed by atoms with Gasteiger partial charge < -0.3 is 11.1 Å². The van der Waals surface area contributed by atoms with Crippen molar-refractivity contribution in [1.82, 2.24) is 5.32 Å². The lowest BCUT2D eigenvalue weighted by Crippen LogP contribution is -2.26. The van der Waals surface area contributed by atoms with Crippen molar-refractivity contribution in [3.63, 3.8) is 0 Å². The largest absolute Gasteiger partial charge is 0.369 e. The van der Waals surface area contributed by atoms with Crippen molar-refractivity contribution in [2.24, 2.45) is 11.7 Å². The van der Waals surface area contributed by atoms with Crippen LogP contribution in [0.2, 0.25) is 0 Å². The molecule has 0 rings (SSSR count). The lowest BCUT2D eigenvalue weighted by molar-refractivity contribution is -0.122. The van der Waals surface area contributed by atoms with E-state index >= 15 is 0 Å². The van der Waals surface area contributed by atoms with Gasteiger partial charge in [-0.05, 0) is 32.2 Å². The van der Waals surface area contributed by atoms with Crippen LogP contribution in [-0.2, 0) is 4.79 Å². The molecule has 0 aromatic rings. The maximum absolute atomic E-state index is 10.8. The summed E-state index contributed by atoms with van der Waals surface area (Å²) in [5, 5.41) is 2.98. The molecule has 0 saturated carbocycles. The normalized spacial score (nSPS) is 12.9. The smallest absolute Gasteiger partial charge is 0.220 e. The Kier molecular flexibility index (Phi) is 6.36. The van der Waals surface area contributed by atoms with E-state index in [1.54, 1.807) is 0 Å². The molecule has 0 fully saturated rings. The first-order valence-corrected chi connectivity index (χ1v) is 4.40. The molecule has 3 N–H and O–H groups in total. The number of carbonyl (C=O) groups is 1. The number of thiol groups is 1. The number of hydrogen-bond donors (Lipinski definition) is 3. The Balaban J connectivity index is 3.60. The van der Waals surface area contributed by atoms with Crippen LogP contribution in [0.3, 0.4) is 0 Å². The first-order chi connectivity index (χ1) is 5.22. The van der Waals surface area contributed by atoms with E-state index in [-0.39, 0.29) is 11.8 Å². The topological polar surface area (TPSA) is 55.1 Å². The summed E-state index contributed by atoms with van der Waals surface area (Å²) >= 11 is 4.05. The molecule has 66 valence electrons. The zero-order valence-corrected chi connectivity index (χ0v) is 7.73. The fraction of sp³-hybridized carbons (Fsp3) is 0.857. The van der Waals surface area contributed by atoms with Crippen LogP contribution in [0.25, 0.3) is 0 Å². The maximum Gasteiger partial charge on any atom is 0.220 e. The highest BCUT2D eigenvalue weighted by atomic mass is 32.1. The second-order valence-corrected chi connectivity index (χ2v) is 2.95. The molecule has 0 radical (unpaired) electrons. The van der Waals surface area contributed by atoms with E-state index in [2.05, 4.69) is 17.9 Å². The third-order valence-corrected chi connectivity index (χ3v) is 1.88. The molecule has 0 aromatic heterocycles. The van der Waals surface area contributed by atoms with Crippen molar-refractivity contribution in [3.8, 4) is 0 Å². The molecule has 1 amide bonds. The lowest BCUT2D eigenvalue weighted by Gasteiger charge is -2.10. The lowest BCUT2D eigenvalue weighted by atomic mass is 10.0. The minimum atomic E-state index is -0.214. The Morgan fingerprint density at radius 3 is 2.64 bits per heavy atom. The Morgan fingerprint density at radius 2 is 2.27 bits per heavy atom. The van der Waals surface area contributed by atoms with Crippen molar-refractivity contribution in [2.45, 2.75) is 12.8 Å². The minimum Gasteiger partial charge on any atom is -0.369 e. The van der Waals surface area contributed by atoms with Crippen LogP contribution in [0.1, 0.15) is 12.8 Å². The van der Waals surface area contributed by atoms with Crippen LogP contribution in [0.5, 0.6) is 0 Å². The second-order valence-electron chi connectivity index (χ2n) is 2.50. The van der Waals surface area contributed by atoms with E-state index in [1.165, 1.54) is 0 Å². The predicted molar refractivity (Wildman–Crippen MR) is 49.7 cm³/mol. The third kappa shape index (κ3) is 5.09. The van der Waals surface area contributed by atoms with Gasteiger partial charge in [0.05, 0.1) is 0 Å². The van der Waals surface area contributed by atoms with E-state index < -0.39 is 0 Å². The van der Waals surface area contributed by atoms with Gasteiger partial charge in [-0.1, -0.05) is 0 Å². The molecule has 1 unspecified atom stereocenters. The molecule has 0 heterocycles. The predicted octanol–water partition coefficient (Wildman–Crippen LogP) is 0.0173. The van der Waals surface area contributed by atoms with Crippen LogP contribution in [-0.4, -0.2) is 25.3 Å². The van der Waals surface area contributed by atoms with Gasteiger partial charge in [0.25, 0.3) is 0 Å². The SMILES string of the molecule is CNCCC(CCS)C(N)=O. The monoisotopic (exact) mass is 176 g/mol. The van der Waals surface area contributed by atoms with Crippen molar-refractivity contribution >= 4 is 18.5 Å². The molecule has 0 aromatic carbocycles. The third-order valence-electron chi connectivity index (χ3n) is 1.62. The summed E-state index contributed by atoms with van der Waals surface area (Å²) in [6, 6.07) is 0. The zero-order valence-electron chi connectivity index (χ0n) is 6.84. The molecule has 0 aliphatic rings. The van der Waals surface area contributed by atoms with Gasteiger partial charge in [-0.3, -0.25) is 4.79 Å². The van der Waals surface area contributed by atoms with Gasteiger partial charge in [-0.15, -0.1) is 0 Å². The Hall–Kier alpha value is -0.220. The number of amides is 1. The molecule has 0 aliphatic heterocycles. The molecule has 0 saturated heterocycles. The summed E-state index contributed by atoms with van der Waals surface area (Å²) < 4.78 is 0. The van der Waals surface area contributed by atoms with Gasteiger partial charge in [-0.2, -0.15) is 12.6 Å². The standard InChI is InChI=1S/C7H16N2OS/c1-9-4-2-6(3-5-11)7(8)10/h6,9,11H,2-5H2,1H3,(H2,8,10). The average molecular weight is 176 g/mol. The molecular weight excluding hydrogens is 160 g/mol. The number of carbonyl (C=O) groups excluding carboxylic acids is 1. The van der Waals surface area contributed by atoms with Crippen molar-refractivity contribution in [3.05, 3.63) is 0 Å². The highest BCUT2D eigenvalue weighted by molar-refractivity contribution is 7.80. The number of nitrogens with one attached hydrogen (secondary N) is 1. The zero-order chi connectivity index (χ0) is 8.69. The Bertz CT molecular complexity index is 119. The Labute approximate surface area is 73.1 Å². The number of hydrogen-bond acceptors (Lipinski definition) is 3. The van der Waals surface area contributed by atoms with Gasteiger partial charge >= 0.3 is 0 Å². The van der Waals surface area contributed by atoms with Crippen LogP contribution < -0.4 is 11.1 Å². The van der Waals surface area contributed by atoms with Gasteiger partial charge in [-0.25, -0.2) is 0 Å². The Morgan fingerprint density at radius 1 is 1.64 bits per heavy atom. The number of rotatable bonds is 6. The van der Waals surface area contributed by atoms with Gasteiger partial charge in [0, 0.05) is 5.92 Å². The second kappa shape index (κ2) is 6.49. The fourth-order valence-electron chi connectivity index (χ4n) is 0.903. The highest BCUT2D eigenvalue weighted by Crippen LogP contribution is 2.07. The van der Waals surface area contributed by atoms with Crippen molar-refractivity contribution in [2.75, 3.05) is 19.3 Å². The molecule has 0 bridgehead atoms. The minimum absolute atomic E-state index is 0.0139. The molecule has 1 atom stereocenters. The molecule has 11 heavy (non-hydrogen) atoms. The first kappa shape index (κ1) is 10.8. The van der Waals surface area contributed by atoms with Crippen molar-refractivity contribution < 1.29 is 4.79 Å². The molecule has 0 aliphatic carbocycles. The summed E-state index contributed by atoms with van der Waals surface area (Å²) in [7, 11) is 1.86. The van der Waals surface area contributed by atoms with Crippen LogP contribution in [0, 0.1) is 5.92 Å². The van der Waals surface area contributed by atoms with Gasteiger partial charge in [0.1, 0.15) is 0 Å². The van der Waals surface area contributed by atoms with E-state index in [9.17, 15) is 4.79 Å². The average Bonchev–Trinajstić information content (AvgIpc) is 1.97. The summed E-state index contributed by atoms with van der Waals surface area (Å²) in [5.41, 5.74) is 5.16. The molecular formula is C7H16N2OS. The fourth-order valence-corrected chi connectivity index (χ4v) is 1.21. The van der Waals surface area contributed by atoms with E-state index in [0.29, 0.717) is 0 Å². The first-order valence-electron chi connectivity index (χ1n) is 3.77. The molecule has 4 heteroatoms. The summed E-state index contributed by atoms with van der Waals surface area (Å²) in [5.74, 6) is 0.492. The van der Waals surface area contributed by atoms with Crippen molar-refractivity contribution in [1.29, 1.82) is 0 Å². The van der Waals surface area contributed by atoms with Gasteiger partial charge in [0.2, 0.25) is 5.91 Å². The van der Waals surface area contributed by atoms with Crippen LogP contribution in [0.4, 0.5) is 0 Å². The molecule has 0 spiro atoms. The van der Waals surface area contributed by atoms with Gasteiger partial charge in [0.15, 0.2) is 0 Å². The van der Waals surface area contributed by atoms with Crippen LogP contribution >= 0.6 is 12.6 Å².